The molecule has 2 aliphatic rings. The van der Waals surface area contributed by atoms with Crippen LogP contribution in [-0.4, -0.2) is 58.8 Å². The van der Waals surface area contributed by atoms with Gasteiger partial charge in [-0.05, 0) is 44.4 Å². The number of carbonyl (C=O) groups excluding carboxylic acids is 3. The van der Waals surface area contributed by atoms with Crippen LogP contribution in [0.15, 0.2) is 18.2 Å². The molecule has 0 saturated carbocycles. The quantitative estimate of drug-likeness (QED) is 0.746. The molecular formula is C20H24N2O6. The van der Waals surface area contributed by atoms with E-state index in [1.807, 2.05) is 6.92 Å². The predicted octanol–water partition coefficient (Wildman–Crippen LogP) is 1.86. The Morgan fingerprint density at radius 3 is 2.71 bits per heavy atom. The summed E-state index contributed by atoms with van der Waals surface area (Å²) in [4.78, 5) is 51.7. The summed E-state index contributed by atoms with van der Waals surface area (Å²) in [6, 6.07) is 4.00. The Balaban J connectivity index is 1.89. The predicted molar refractivity (Wildman–Crippen MR) is 100 cm³/mol. The number of carbonyl (C=O) groups is 4. The molecule has 28 heavy (non-hydrogen) atoms. The van der Waals surface area contributed by atoms with Crippen LogP contribution in [0.1, 0.15) is 49.9 Å². The first-order valence-electron chi connectivity index (χ1n) is 9.51. The van der Waals surface area contributed by atoms with E-state index in [4.69, 9.17) is 4.74 Å². The van der Waals surface area contributed by atoms with Gasteiger partial charge in [0.05, 0.1) is 5.69 Å². The van der Waals surface area contributed by atoms with Crippen LogP contribution < -0.4 is 9.64 Å². The van der Waals surface area contributed by atoms with Gasteiger partial charge in [0.25, 0.3) is 5.91 Å². The number of likely N-dealkylation sites (tertiary alicyclic amines) is 1. The van der Waals surface area contributed by atoms with Crippen LogP contribution in [-0.2, 0) is 14.4 Å². The number of carboxylic acid groups (broad SMARTS) is 1. The molecule has 150 valence electrons. The third kappa shape index (κ3) is 3.72. The zero-order valence-corrected chi connectivity index (χ0v) is 16.0. The van der Waals surface area contributed by atoms with Gasteiger partial charge >= 0.3 is 5.97 Å². The van der Waals surface area contributed by atoms with Crippen molar-refractivity contribution in [2.45, 2.75) is 51.7 Å². The molecule has 1 aromatic rings. The second kappa shape index (κ2) is 8.00. The fourth-order valence-corrected chi connectivity index (χ4v) is 3.66. The summed E-state index contributed by atoms with van der Waals surface area (Å²) < 4.78 is 5.61. The molecule has 1 saturated heterocycles. The Kier molecular flexibility index (Phi) is 5.67. The van der Waals surface area contributed by atoms with Gasteiger partial charge in [0.1, 0.15) is 18.3 Å². The minimum absolute atomic E-state index is 0.0480. The minimum atomic E-state index is -1.04. The number of carboxylic acids is 1. The lowest BCUT2D eigenvalue weighted by Gasteiger charge is -2.34. The highest BCUT2D eigenvalue weighted by atomic mass is 16.5. The standard InChI is InChI=1S/C20H24N2O6/c1-3-5-16(23)13-7-8-17-15(10-13)22(19(25)12(2)28-17)11-18(24)21-9-4-6-14(21)20(26)27/h7-8,10,12,14H,3-6,9,11H2,1-2H3,(H,26,27). The molecule has 2 heterocycles. The largest absolute Gasteiger partial charge is 0.480 e. The number of amides is 2. The van der Waals surface area contributed by atoms with Crippen molar-refractivity contribution in [2.75, 3.05) is 18.0 Å². The third-order valence-electron chi connectivity index (χ3n) is 5.12. The van der Waals surface area contributed by atoms with Gasteiger partial charge in [-0.3, -0.25) is 19.3 Å². The molecule has 2 unspecified atom stereocenters. The van der Waals surface area contributed by atoms with Crippen LogP contribution in [0.3, 0.4) is 0 Å². The SMILES string of the molecule is CCCC(=O)c1ccc2c(c1)N(CC(=O)N1CCCC1C(=O)O)C(=O)C(C)O2. The molecule has 8 nitrogen and oxygen atoms in total. The summed E-state index contributed by atoms with van der Waals surface area (Å²) in [5, 5.41) is 9.31. The maximum absolute atomic E-state index is 12.8. The summed E-state index contributed by atoms with van der Waals surface area (Å²) >= 11 is 0. The number of ketones is 1. The number of aliphatic carboxylic acids is 1. The van der Waals surface area contributed by atoms with Gasteiger partial charge in [-0.15, -0.1) is 0 Å². The van der Waals surface area contributed by atoms with E-state index in [0.717, 1.165) is 0 Å². The topological polar surface area (TPSA) is 104 Å². The number of nitrogens with zero attached hydrogens (tertiary/aromatic N) is 2. The maximum atomic E-state index is 12.8. The second-order valence-electron chi connectivity index (χ2n) is 7.12. The van der Waals surface area contributed by atoms with Gasteiger partial charge in [0.2, 0.25) is 5.91 Å². The highest BCUT2D eigenvalue weighted by Crippen LogP contribution is 2.35. The highest BCUT2D eigenvalue weighted by molar-refractivity contribution is 6.06. The molecule has 1 N–H and O–H groups in total. The van der Waals surface area contributed by atoms with Gasteiger partial charge in [-0.2, -0.15) is 0 Å². The van der Waals surface area contributed by atoms with E-state index in [-0.39, 0.29) is 12.3 Å². The Morgan fingerprint density at radius 2 is 2.04 bits per heavy atom. The van der Waals surface area contributed by atoms with Gasteiger partial charge in [0.15, 0.2) is 11.9 Å². The molecule has 8 heteroatoms. The Morgan fingerprint density at radius 1 is 1.29 bits per heavy atom. The molecule has 3 rings (SSSR count). The fraction of sp³-hybridized carbons (Fsp3) is 0.500. The molecule has 0 radical (unpaired) electrons. The first-order chi connectivity index (χ1) is 13.3. The number of Topliss-reactive ketones (excluding diaryl/α,β-unsaturated/α-hetero) is 1. The summed E-state index contributed by atoms with van der Waals surface area (Å²) in [5.74, 6) is -1.49. The van der Waals surface area contributed by atoms with Crippen LogP contribution in [0.25, 0.3) is 0 Å². The molecule has 2 amide bonds. The fourth-order valence-electron chi connectivity index (χ4n) is 3.66. The lowest BCUT2D eigenvalue weighted by molar-refractivity contribution is -0.147. The average molecular weight is 388 g/mol. The molecule has 0 aliphatic carbocycles. The van der Waals surface area contributed by atoms with Crippen molar-refractivity contribution in [3.8, 4) is 5.75 Å². The Labute approximate surface area is 163 Å². The minimum Gasteiger partial charge on any atom is -0.480 e. The molecule has 2 aliphatic heterocycles. The van der Waals surface area contributed by atoms with Gasteiger partial charge < -0.3 is 14.7 Å². The summed E-state index contributed by atoms with van der Waals surface area (Å²) in [5.41, 5.74) is 0.818. The number of hydrogen-bond acceptors (Lipinski definition) is 5. The van der Waals surface area contributed by atoms with Crippen molar-refractivity contribution in [3.63, 3.8) is 0 Å². The molecule has 0 spiro atoms. The van der Waals surface area contributed by atoms with Gasteiger partial charge in [0, 0.05) is 18.5 Å². The molecule has 0 bridgehead atoms. The van der Waals surface area contributed by atoms with E-state index in [1.54, 1.807) is 25.1 Å². The molecular weight excluding hydrogens is 364 g/mol. The zero-order valence-electron chi connectivity index (χ0n) is 16.0. The van der Waals surface area contributed by atoms with E-state index in [1.165, 1.54) is 9.80 Å². The summed E-state index contributed by atoms with van der Waals surface area (Å²) in [6.07, 6.45) is 1.34. The Hall–Kier alpha value is -2.90. The summed E-state index contributed by atoms with van der Waals surface area (Å²) in [6.45, 7) is 3.57. The molecule has 0 aromatic heterocycles. The van der Waals surface area contributed by atoms with Crippen LogP contribution in [0.5, 0.6) is 5.75 Å². The lowest BCUT2D eigenvalue weighted by atomic mass is 10.0. The van der Waals surface area contributed by atoms with Crippen molar-refractivity contribution in [1.29, 1.82) is 0 Å². The van der Waals surface area contributed by atoms with Gasteiger partial charge in [-0.25, -0.2) is 4.79 Å². The van der Waals surface area contributed by atoms with Crippen LogP contribution in [0.2, 0.25) is 0 Å². The highest BCUT2D eigenvalue weighted by Gasteiger charge is 2.38. The maximum Gasteiger partial charge on any atom is 0.326 e. The van der Waals surface area contributed by atoms with E-state index >= 15 is 0 Å². The molecule has 1 aromatic carbocycles. The van der Waals surface area contributed by atoms with E-state index in [9.17, 15) is 24.3 Å². The first-order valence-corrected chi connectivity index (χ1v) is 9.51. The smallest absolute Gasteiger partial charge is 0.326 e. The van der Waals surface area contributed by atoms with Crippen LogP contribution in [0.4, 0.5) is 5.69 Å². The van der Waals surface area contributed by atoms with Crippen molar-refractivity contribution < 1.29 is 29.0 Å². The number of rotatable bonds is 6. The van der Waals surface area contributed by atoms with Crippen molar-refractivity contribution in [1.82, 2.24) is 4.90 Å². The Bertz CT molecular complexity index is 821. The van der Waals surface area contributed by atoms with E-state index < -0.39 is 29.9 Å². The van der Waals surface area contributed by atoms with Crippen molar-refractivity contribution >= 4 is 29.3 Å². The average Bonchev–Trinajstić information content (AvgIpc) is 3.15. The molecule has 2 atom stereocenters. The summed E-state index contributed by atoms with van der Waals surface area (Å²) in [7, 11) is 0. The van der Waals surface area contributed by atoms with E-state index in [0.29, 0.717) is 49.2 Å². The van der Waals surface area contributed by atoms with Crippen LogP contribution >= 0.6 is 0 Å². The lowest BCUT2D eigenvalue weighted by Crippen LogP contribution is -2.51. The second-order valence-corrected chi connectivity index (χ2v) is 7.12. The molecule has 1 fully saturated rings. The zero-order chi connectivity index (χ0) is 20.4. The van der Waals surface area contributed by atoms with Crippen molar-refractivity contribution in [2.24, 2.45) is 0 Å². The van der Waals surface area contributed by atoms with Gasteiger partial charge in [-0.1, -0.05) is 6.92 Å². The first kappa shape index (κ1) is 19.9. The monoisotopic (exact) mass is 388 g/mol. The number of benzene rings is 1. The number of hydrogen-bond donors (Lipinski definition) is 1. The van der Waals surface area contributed by atoms with Crippen molar-refractivity contribution in [3.05, 3.63) is 23.8 Å². The number of anilines is 1. The van der Waals surface area contributed by atoms with Crippen LogP contribution in [0, 0.1) is 0 Å². The normalized spacial score (nSPS) is 21.3. The third-order valence-corrected chi connectivity index (χ3v) is 5.12. The van der Waals surface area contributed by atoms with E-state index in [2.05, 4.69) is 0 Å². The number of fused-ring (bicyclic) bond motifs is 1. The number of ether oxygens (including phenoxy) is 1.